The van der Waals surface area contributed by atoms with Crippen LogP contribution in [0.5, 0.6) is 0 Å². The summed E-state index contributed by atoms with van der Waals surface area (Å²) in [5.74, 6) is -0.550. The first-order chi connectivity index (χ1) is 12.6. The van der Waals surface area contributed by atoms with Crippen LogP contribution in [0.2, 0.25) is 0 Å². The third-order valence-electron chi connectivity index (χ3n) is 3.55. The monoisotopic (exact) mass is 368 g/mol. The zero-order chi connectivity index (χ0) is 18.5. The summed E-state index contributed by atoms with van der Waals surface area (Å²) in [4.78, 5) is 41.0. The molecule has 0 radical (unpaired) electrons. The SMILES string of the molecule is CNC(=O)c1cnc(C(C)NC(=O)c2cc(-c3cccnc3)ncn2)s1. The topological polar surface area (TPSA) is 110 Å². The largest absolute Gasteiger partial charge is 0.354 e. The quantitative estimate of drug-likeness (QED) is 0.711. The zero-order valence-corrected chi connectivity index (χ0v) is 14.9. The van der Waals surface area contributed by atoms with Crippen molar-refractivity contribution < 1.29 is 9.59 Å². The molecule has 3 heterocycles. The van der Waals surface area contributed by atoms with Crippen LogP contribution in [0.25, 0.3) is 11.3 Å². The maximum atomic E-state index is 12.5. The summed E-state index contributed by atoms with van der Waals surface area (Å²) >= 11 is 1.23. The van der Waals surface area contributed by atoms with E-state index >= 15 is 0 Å². The van der Waals surface area contributed by atoms with Gasteiger partial charge in [0.15, 0.2) is 0 Å². The number of carbonyl (C=O) groups is 2. The number of nitrogens with zero attached hydrogens (tertiary/aromatic N) is 4. The third kappa shape index (κ3) is 3.89. The van der Waals surface area contributed by atoms with Gasteiger partial charge in [-0.2, -0.15) is 0 Å². The van der Waals surface area contributed by atoms with E-state index in [1.165, 1.54) is 23.9 Å². The molecule has 0 bridgehead atoms. The molecule has 0 aliphatic heterocycles. The van der Waals surface area contributed by atoms with Crippen molar-refractivity contribution in [2.45, 2.75) is 13.0 Å². The number of aromatic nitrogens is 4. The molecule has 26 heavy (non-hydrogen) atoms. The van der Waals surface area contributed by atoms with Crippen LogP contribution in [-0.2, 0) is 0 Å². The van der Waals surface area contributed by atoms with Crippen LogP contribution in [0.1, 0.15) is 38.1 Å². The average Bonchev–Trinajstić information content (AvgIpc) is 3.18. The molecule has 3 rings (SSSR count). The summed E-state index contributed by atoms with van der Waals surface area (Å²) < 4.78 is 0. The lowest BCUT2D eigenvalue weighted by atomic mass is 10.2. The normalized spacial score (nSPS) is 11.6. The minimum absolute atomic E-state index is 0.204. The molecule has 2 amide bonds. The van der Waals surface area contributed by atoms with E-state index in [1.54, 1.807) is 38.5 Å². The molecular formula is C17H16N6O2S. The van der Waals surface area contributed by atoms with Crippen LogP contribution in [0.15, 0.2) is 43.1 Å². The summed E-state index contributed by atoms with van der Waals surface area (Å²) in [5, 5.41) is 6.01. The summed E-state index contributed by atoms with van der Waals surface area (Å²) in [6.45, 7) is 1.80. The second kappa shape index (κ2) is 7.79. The van der Waals surface area contributed by atoms with Gasteiger partial charge >= 0.3 is 0 Å². The van der Waals surface area contributed by atoms with Gasteiger partial charge in [0.1, 0.15) is 21.9 Å². The first-order valence-electron chi connectivity index (χ1n) is 7.79. The Balaban J connectivity index is 1.74. The Kier molecular flexibility index (Phi) is 5.28. The Morgan fingerprint density at radius 2 is 2.00 bits per heavy atom. The van der Waals surface area contributed by atoms with Gasteiger partial charge < -0.3 is 10.6 Å². The van der Waals surface area contributed by atoms with E-state index in [4.69, 9.17) is 0 Å². The molecule has 0 fully saturated rings. The van der Waals surface area contributed by atoms with Crippen LogP contribution >= 0.6 is 11.3 Å². The number of hydrogen-bond acceptors (Lipinski definition) is 7. The number of hydrogen-bond donors (Lipinski definition) is 2. The summed E-state index contributed by atoms with van der Waals surface area (Å²) in [6, 6.07) is 4.90. The molecule has 0 spiro atoms. The number of rotatable bonds is 5. The van der Waals surface area contributed by atoms with Gasteiger partial charge in [0.25, 0.3) is 11.8 Å². The van der Waals surface area contributed by atoms with Crippen molar-refractivity contribution in [2.24, 2.45) is 0 Å². The fraction of sp³-hybridized carbons (Fsp3) is 0.176. The molecule has 3 aromatic heterocycles. The number of thiazole rings is 1. The van der Waals surface area contributed by atoms with Crippen molar-refractivity contribution >= 4 is 23.2 Å². The molecule has 1 atom stereocenters. The zero-order valence-electron chi connectivity index (χ0n) is 14.1. The van der Waals surface area contributed by atoms with Gasteiger partial charge in [0, 0.05) is 25.0 Å². The number of pyridine rings is 1. The lowest BCUT2D eigenvalue weighted by molar-refractivity contribution is 0.0932. The molecule has 2 N–H and O–H groups in total. The highest BCUT2D eigenvalue weighted by molar-refractivity contribution is 7.13. The Morgan fingerprint density at radius 3 is 2.73 bits per heavy atom. The number of carbonyl (C=O) groups excluding carboxylic acids is 2. The van der Waals surface area contributed by atoms with Crippen LogP contribution in [0.3, 0.4) is 0 Å². The molecule has 132 valence electrons. The highest BCUT2D eigenvalue weighted by Gasteiger charge is 2.18. The molecule has 1 unspecified atom stereocenters. The van der Waals surface area contributed by atoms with Gasteiger partial charge in [-0.1, -0.05) is 0 Å². The fourth-order valence-electron chi connectivity index (χ4n) is 2.20. The number of nitrogens with one attached hydrogen (secondary N) is 2. The Morgan fingerprint density at radius 1 is 1.15 bits per heavy atom. The first kappa shape index (κ1) is 17.6. The van der Waals surface area contributed by atoms with E-state index < -0.39 is 0 Å². The van der Waals surface area contributed by atoms with Crippen molar-refractivity contribution in [2.75, 3.05) is 7.05 Å². The minimum atomic E-state index is -0.359. The van der Waals surface area contributed by atoms with E-state index in [2.05, 4.69) is 30.6 Å². The van der Waals surface area contributed by atoms with Crippen LogP contribution in [0, 0.1) is 0 Å². The molecule has 0 saturated carbocycles. The van der Waals surface area contributed by atoms with Gasteiger partial charge in [-0.25, -0.2) is 15.0 Å². The minimum Gasteiger partial charge on any atom is -0.354 e. The van der Waals surface area contributed by atoms with Crippen LogP contribution < -0.4 is 10.6 Å². The van der Waals surface area contributed by atoms with E-state index in [1.807, 2.05) is 6.07 Å². The highest BCUT2D eigenvalue weighted by Crippen LogP contribution is 2.21. The summed E-state index contributed by atoms with van der Waals surface area (Å²) in [5.41, 5.74) is 1.66. The highest BCUT2D eigenvalue weighted by atomic mass is 32.1. The van der Waals surface area contributed by atoms with Gasteiger partial charge in [-0.3, -0.25) is 14.6 Å². The van der Waals surface area contributed by atoms with E-state index in [0.29, 0.717) is 15.6 Å². The van der Waals surface area contributed by atoms with Gasteiger partial charge in [-0.15, -0.1) is 11.3 Å². The van der Waals surface area contributed by atoms with Crippen molar-refractivity contribution in [3.63, 3.8) is 0 Å². The summed E-state index contributed by atoms with van der Waals surface area (Å²) in [7, 11) is 1.56. The van der Waals surface area contributed by atoms with Crippen LogP contribution in [-0.4, -0.2) is 38.8 Å². The maximum Gasteiger partial charge on any atom is 0.270 e. The Bertz CT molecular complexity index is 928. The van der Waals surface area contributed by atoms with Crippen molar-refractivity contribution in [1.82, 2.24) is 30.6 Å². The van der Waals surface area contributed by atoms with Gasteiger partial charge in [0.2, 0.25) is 0 Å². The molecular weight excluding hydrogens is 352 g/mol. The molecule has 3 aromatic rings. The molecule has 0 aliphatic rings. The van der Waals surface area contributed by atoms with Gasteiger partial charge in [0.05, 0.1) is 17.9 Å². The van der Waals surface area contributed by atoms with Crippen molar-refractivity contribution in [3.8, 4) is 11.3 Å². The molecule has 9 heteroatoms. The first-order valence-corrected chi connectivity index (χ1v) is 8.61. The third-order valence-corrected chi connectivity index (χ3v) is 4.73. The molecule has 0 aromatic carbocycles. The van der Waals surface area contributed by atoms with E-state index in [9.17, 15) is 9.59 Å². The maximum absolute atomic E-state index is 12.5. The number of amides is 2. The predicted molar refractivity (Wildman–Crippen MR) is 96.6 cm³/mol. The predicted octanol–water partition coefficient (Wildman–Crippen LogP) is 1.85. The smallest absolute Gasteiger partial charge is 0.270 e. The standard InChI is InChI=1S/C17H16N6O2S/c1-10(17-20-8-14(26-17)16(25)18-2)23-15(24)13-6-12(21-9-22-13)11-4-3-5-19-7-11/h3-10H,1-2H3,(H,18,25)(H,23,24). The lowest BCUT2D eigenvalue weighted by Gasteiger charge is -2.11. The second-order valence-electron chi connectivity index (χ2n) is 5.37. The molecule has 8 nitrogen and oxygen atoms in total. The second-order valence-corrected chi connectivity index (χ2v) is 6.43. The Labute approximate surface area is 153 Å². The Hall–Kier alpha value is -3.20. The summed E-state index contributed by atoms with van der Waals surface area (Å²) in [6.07, 6.45) is 6.17. The molecule has 0 aliphatic carbocycles. The molecule has 0 saturated heterocycles. The van der Waals surface area contributed by atoms with Crippen molar-refractivity contribution in [1.29, 1.82) is 0 Å². The van der Waals surface area contributed by atoms with E-state index in [0.717, 1.165) is 5.56 Å². The van der Waals surface area contributed by atoms with Crippen molar-refractivity contribution in [3.05, 3.63) is 58.7 Å². The fourth-order valence-corrected chi connectivity index (χ4v) is 3.07. The van der Waals surface area contributed by atoms with Crippen LogP contribution in [0.4, 0.5) is 0 Å². The average molecular weight is 368 g/mol. The van der Waals surface area contributed by atoms with E-state index in [-0.39, 0.29) is 23.6 Å². The van der Waals surface area contributed by atoms with Gasteiger partial charge in [-0.05, 0) is 25.1 Å². The lowest BCUT2D eigenvalue weighted by Crippen LogP contribution is -2.27.